The van der Waals surface area contributed by atoms with E-state index in [0.717, 1.165) is 0 Å². The number of aliphatic hydroxyl groups is 1. The van der Waals surface area contributed by atoms with Crippen molar-refractivity contribution in [1.82, 2.24) is 15.5 Å². The van der Waals surface area contributed by atoms with Crippen LogP contribution in [0, 0.1) is 11.8 Å². The summed E-state index contributed by atoms with van der Waals surface area (Å²) in [4.78, 5) is 16.4. The maximum absolute atomic E-state index is 12.3. The first-order valence-electron chi connectivity index (χ1n) is 7.91. The molecule has 0 bridgehead atoms. The molecule has 0 aliphatic heterocycles. The number of carbonyl (C=O) groups excluding carboxylic acids is 1. The van der Waals surface area contributed by atoms with Crippen molar-refractivity contribution in [2.24, 2.45) is 0 Å². The van der Waals surface area contributed by atoms with Crippen molar-refractivity contribution < 1.29 is 18.8 Å². The van der Waals surface area contributed by atoms with Crippen LogP contribution in [-0.2, 0) is 6.54 Å². The van der Waals surface area contributed by atoms with Crippen LogP contribution in [0.4, 0.5) is 0 Å². The van der Waals surface area contributed by atoms with Crippen molar-refractivity contribution in [2.75, 3.05) is 0 Å². The molecule has 3 rings (SSSR count). The van der Waals surface area contributed by atoms with Crippen molar-refractivity contribution in [2.45, 2.75) is 26.0 Å². The van der Waals surface area contributed by atoms with Crippen LogP contribution in [0.2, 0.25) is 0 Å². The molecule has 0 aliphatic carbocycles. The Morgan fingerprint density at radius 3 is 2.88 bits per heavy atom. The molecule has 3 aromatic rings. The Labute approximate surface area is 150 Å². The highest BCUT2D eigenvalue weighted by Gasteiger charge is 2.13. The molecule has 0 radical (unpaired) electrons. The first-order valence-corrected chi connectivity index (χ1v) is 7.91. The third-order valence-corrected chi connectivity index (χ3v) is 3.24. The lowest BCUT2D eigenvalue weighted by Gasteiger charge is -2.06. The van der Waals surface area contributed by atoms with E-state index >= 15 is 0 Å². The van der Waals surface area contributed by atoms with Crippen molar-refractivity contribution in [3.8, 4) is 23.5 Å². The first kappa shape index (κ1) is 17.5. The predicted molar refractivity (Wildman–Crippen MR) is 92.8 cm³/mol. The minimum Gasteiger partial charge on any atom is -0.459 e. The quantitative estimate of drug-likeness (QED) is 0.700. The zero-order valence-electron chi connectivity index (χ0n) is 14.3. The number of rotatable bonds is 4. The fourth-order valence-electron chi connectivity index (χ4n) is 2.05. The Kier molecular flexibility index (Phi) is 4.87. The molecule has 0 saturated carbocycles. The van der Waals surface area contributed by atoms with Gasteiger partial charge in [0.1, 0.15) is 5.60 Å². The van der Waals surface area contributed by atoms with Gasteiger partial charge in [0.2, 0.25) is 0 Å². The van der Waals surface area contributed by atoms with Gasteiger partial charge in [-0.1, -0.05) is 23.1 Å². The number of amides is 1. The molecule has 0 unspecified atom stereocenters. The molecule has 0 aliphatic rings. The SMILES string of the molecule is CC(C)(O)C#Cc1cccc(C(=O)NCc2noc(-c3ccco3)n2)c1. The number of nitrogens with one attached hydrogen (secondary N) is 1. The van der Waals surface area contributed by atoms with Gasteiger partial charge in [0, 0.05) is 11.1 Å². The minimum atomic E-state index is -1.09. The largest absolute Gasteiger partial charge is 0.459 e. The molecule has 7 heteroatoms. The predicted octanol–water partition coefficient (Wildman–Crippen LogP) is 2.38. The summed E-state index contributed by atoms with van der Waals surface area (Å²) in [5, 5.41) is 16.2. The van der Waals surface area contributed by atoms with Crippen LogP contribution in [0.15, 0.2) is 51.6 Å². The van der Waals surface area contributed by atoms with Gasteiger partial charge < -0.3 is 19.4 Å². The molecule has 0 atom stereocenters. The van der Waals surface area contributed by atoms with Crippen molar-refractivity contribution in [3.05, 3.63) is 59.6 Å². The minimum absolute atomic E-state index is 0.114. The number of benzene rings is 1. The zero-order chi connectivity index (χ0) is 18.6. The summed E-state index contributed by atoms with van der Waals surface area (Å²) in [6.45, 7) is 3.31. The van der Waals surface area contributed by atoms with Gasteiger partial charge in [0.05, 0.1) is 12.8 Å². The maximum atomic E-state index is 12.3. The molecule has 7 nitrogen and oxygen atoms in total. The van der Waals surface area contributed by atoms with Gasteiger partial charge >= 0.3 is 0 Å². The fourth-order valence-corrected chi connectivity index (χ4v) is 2.05. The molecule has 1 amide bonds. The number of hydrogen-bond acceptors (Lipinski definition) is 6. The van der Waals surface area contributed by atoms with E-state index in [4.69, 9.17) is 8.94 Å². The van der Waals surface area contributed by atoms with Crippen molar-refractivity contribution in [1.29, 1.82) is 0 Å². The fraction of sp³-hybridized carbons (Fsp3) is 0.211. The molecule has 0 fully saturated rings. The summed E-state index contributed by atoms with van der Waals surface area (Å²) in [7, 11) is 0. The van der Waals surface area contributed by atoms with Crippen LogP contribution in [0.5, 0.6) is 0 Å². The second-order valence-electron chi connectivity index (χ2n) is 6.07. The highest BCUT2D eigenvalue weighted by molar-refractivity contribution is 5.94. The highest BCUT2D eigenvalue weighted by Crippen LogP contribution is 2.16. The molecule has 2 heterocycles. The number of hydrogen-bond donors (Lipinski definition) is 2. The Balaban J connectivity index is 1.64. The highest BCUT2D eigenvalue weighted by atomic mass is 16.5. The van der Waals surface area contributed by atoms with Gasteiger partial charge in [0.15, 0.2) is 11.6 Å². The van der Waals surface area contributed by atoms with E-state index in [9.17, 15) is 9.90 Å². The molecule has 2 N–H and O–H groups in total. The summed E-state index contributed by atoms with van der Waals surface area (Å²) >= 11 is 0. The third-order valence-electron chi connectivity index (χ3n) is 3.24. The molecule has 2 aromatic heterocycles. The van der Waals surface area contributed by atoms with E-state index in [1.165, 1.54) is 6.26 Å². The molecular formula is C19H17N3O4. The number of carbonyl (C=O) groups is 1. The van der Waals surface area contributed by atoms with E-state index in [-0.39, 0.29) is 18.3 Å². The lowest BCUT2D eigenvalue weighted by molar-refractivity contribution is 0.0949. The topological polar surface area (TPSA) is 101 Å². The van der Waals surface area contributed by atoms with Crippen LogP contribution >= 0.6 is 0 Å². The van der Waals surface area contributed by atoms with Crippen molar-refractivity contribution >= 4 is 5.91 Å². The first-order chi connectivity index (χ1) is 12.4. The van der Waals surface area contributed by atoms with E-state index in [1.54, 1.807) is 50.2 Å². The number of aromatic nitrogens is 2. The van der Waals surface area contributed by atoms with Gasteiger partial charge in [-0.15, -0.1) is 0 Å². The number of nitrogens with zero attached hydrogens (tertiary/aromatic N) is 2. The third kappa shape index (κ3) is 4.59. The van der Waals surface area contributed by atoms with Gasteiger partial charge in [-0.3, -0.25) is 4.79 Å². The number of furan rings is 1. The molecule has 26 heavy (non-hydrogen) atoms. The van der Waals surface area contributed by atoms with E-state index in [2.05, 4.69) is 27.3 Å². The smallest absolute Gasteiger partial charge is 0.293 e. The van der Waals surface area contributed by atoms with E-state index in [0.29, 0.717) is 22.7 Å². The lowest BCUT2D eigenvalue weighted by Crippen LogP contribution is -2.23. The average Bonchev–Trinajstić information content (AvgIpc) is 3.28. The standard InChI is InChI=1S/C19H17N3O4/c1-19(2,24)9-8-13-5-3-6-14(11-13)17(23)20-12-16-21-18(26-22-16)15-7-4-10-25-15/h3-7,10-11,24H,12H2,1-2H3,(H,20,23). The second kappa shape index (κ2) is 7.25. The van der Waals surface area contributed by atoms with Crippen LogP contribution in [-0.4, -0.2) is 26.8 Å². The van der Waals surface area contributed by atoms with Gasteiger partial charge in [-0.25, -0.2) is 0 Å². The van der Waals surface area contributed by atoms with Gasteiger partial charge in [0.25, 0.3) is 11.8 Å². The molecule has 132 valence electrons. The summed E-state index contributed by atoms with van der Waals surface area (Å²) in [5.41, 5.74) is -0.00971. The lowest BCUT2D eigenvalue weighted by atomic mass is 10.1. The van der Waals surface area contributed by atoms with Gasteiger partial charge in [-0.05, 0) is 44.2 Å². The van der Waals surface area contributed by atoms with Crippen LogP contribution in [0.1, 0.15) is 35.6 Å². The average molecular weight is 351 g/mol. The molecule has 0 spiro atoms. The Morgan fingerprint density at radius 2 is 2.15 bits per heavy atom. The maximum Gasteiger partial charge on any atom is 0.293 e. The molecule has 0 saturated heterocycles. The summed E-state index contributed by atoms with van der Waals surface area (Å²) < 4.78 is 10.3. The Hall–Kier alpha value is -3.37. The van der Waals surface area contributed by atoms with Crippen LogP contribution in [0.3, 0.4) is 0 Å². The van der Waals surface area contributed by atoms with E-state index in [1.807, 2.05) is 0 Å². The zero-order valence-corrected chi connectivity index (χ0v) is 14.3. The Morgan fingerprint density at radius 1 is 1.31 bits per heavy atom. The molecule has 1 aromatic carbocycles. The molecular weight excluding hydrogens is 334 g/mol. The van der Waals surface area contributed by atoms with E-state index < -0.39 is 5.60 Å². The summed E-state index contributed by atoms with van der Waals surface area (Å²) in [5.74, 6) is 6.32. The van der Waals surface area contributed by atoms with Gasteiger partial charge in [-0.2, -0.15) is 4.98 Å². The normalized spacial score (nSPS) is 10.9. The van der Waals surface area contributed by atoms with Crippen LogP contribution in [0.25, 0.3) is 11.7 Å². The monoisotopic (exact) mass is 351 g/mol. The summed E-state index contributed by atoms with van der Waals surface area (Å²) in [6.07, 6.45) is 1.51. The summed E-state index contributed by atoms with van der Waals surface area (Å²) in [6, 6.07) is 10.2. The van der Waals surface area contributed by atoms with Crippen molar-refractivity contribution in [3.63, 3.8) is 0 Å². The van der Waals surface area contributed by atoms with Crippen LogP contribution < -0.4 is 5.32 Å². The second-order valence-corrected chi connectivity index (χ2v) is 6.07. The Bertz CT molecular complexity index is 957.